The van der Waals surface area contributed by atoms with Gasteiger partial charge in [-0.1, -0.05) is 0 Å². The standard InChI is InChI=1S/C19H19N3O5/c1-21(2)19(24)14-7-10-17(27-3)16(12-14)20-18(23)11-6-13-4-8-15(9-5-13)22(25)26/h4-12H,1-3H3,(H,20,23). The van der Waals surface area contributed by atoms with Crippen LogP contribution in [0.15, 0.2) is 48.5 Å². The maximum atomic E-state index is 12.2. The molecule has 0 aliphatic rings. The van der Waals surface area contributed by atoms with Crippen LogP contribution in [-0.2, 0) is 4.79 Å². The van der Waals surface area contributed by atoms with Crippen LogP contribution in [0.25, 0.3) is 6.08 Å². The van der Waals surface area contributed by atoms with Crippen LogP contribution in [0.2, 0.25) is 0 Å². The zero-order valence-corrected chi connectivity index (χ0v) is 15.1. The van der Waals surface area contributed by atoms with E-state index >= 15 is 0 Å². The van der Waals surface area contributed by atoms with Crippen molar-refractivity contribution in [3.63, 3.8) is 0 Å². The number of nitro groups is 1. The smallest absolute Gasteiger partial charge is 0.269 e. The molecule has 0 aromatic heterocycles. The molecule has 2 amide bonds. The fourth-order valence-electron chi connectivity index (χ4n) is 2.25. The monoisotopic (exact) mass is 369 g/mol. The van der Waals surface area contributed by atoms with Crippen molar-refractivity contribution in [2.45, 2.75) is 0 Å². The Hall–Kier alpha value is -3.68. The Morgan fingerprint density at radius 1 is 1.15 bits per heavy atom. The topological polar surface area (TPSA) is 102 Å². The van der Waals surface area contributed by atoms with Crippen molar-refractivity contribution in [1.82, 2.24) is 4.90 Å². The zero-order chi connectivity index (χ0) is 20.0. The summed E-state index contributed by atoms with van der Waals surface area (Å²) in [5, 5.41) is 13.3. The Kier molecular flexibility index (Phi) is 6.27. The highest BCUT2D eigenvalue weighted by Crippen LogP contribution is 2.26. The van der Waals surface area contributed by atoms with E-state index in [1.807, 2.05) is 0 Å². The second-order valence-electron chi connectivity index (χ2n) is 5.79. The first-order valence-corrected chi connectivity index (χ1v) is 7.95. The summed E-state index contributed by atoms with van der Waals surface area (Å²) in [5.41, 5.74) is 1.39. The molecule has 140 valence electrons. The SMILES string of the molecule is COc1ccc(C(=O)N(C)C)cc1NC(=O)C=Cc1ccc([N+](=O)[O-])cc1. The number of anilines is 1. The van der Waals surface area contributed by atoms with E-state index in [0.717, 1.165) is 0 Å². The van der Waals surface area contributed by atoms with Crippen LogP contribution in [0.1, 0.15) is 15.9 Å². The largest absolute Gasteiger partial charge is 0.495 e. The van der Waals surface area contributed by atoms with Gasteiger partial charge >= 0.3 is 0 Å². The molecule has 2 aromatic carbocycles. The van der Waals surface area contributed by atoms with Crippen LogP contribution in [0.4, 0.5) is 11.4 Å². The van der Waals surface area contributed by atoms with Crippen molar-refractivity contribution in [1.29, 1.82) is 0 Å². The van der Waals surface area contributed by atoms with Gasteiger partial charge in [0.05, 0.1) is 17.7 Å². The zero-order valence-electron chi connectivity index (χ0n) is 15.1. The number of carbonyl (C=O) groups is 2. The summed E-state index contributed by atoms with van der Waals surface area (Å²) in [5.74, 6) is -0.210. The first-order valence-electron chi connectivity index (χ1n) is 7.95. The minimum absolute atomic E-state index is 0.0243. The van der Waals surface area contributed by atoms with Crippen molar-refractivity contribution in [2.75, 3.05) is 26.5 Å². The maximum Gasteiger partial charge on any atom is 0.269 e. The van der Waals surface area contributed by atoms with Gasteiger partial charge in [0.1, 0.15) is 5.75 Å². The molecule has 0 aliphatic heterocycles. The highest BCUT2D eigenvalue weighted by molar-refractivity contribution is 6.04. The van der Waals surface area contributed by atoms with E-state index in [4.69, 9.17) is 4.74 Å². The molecule has 0 atom stereocenters. The van der Waals surface area contributed by atoms with Crippen LogP contribution in [0.3, 0.4) is 0 Å². The molecule has 0 heterocycles. The third kappa shape index (κ3) is 5.15. The van der Waals surface area contributed by atoms with Crippen LogP contribution in [0, 0.1) is 10.1 Å². The second-order valence-corrected chi connectivity index (χ2v) is 5.79. The van der Waals surface area contributed by atoms with Gasteiger partial charge in [0.2, 0.25) is 5.91 Å². The number of amides is 2. The van der Waals surface area contributed by atoms with Gasteiger partial charge in [-0.3, -0.25) is 19.7 Å². The highest BCUT2D eigenvalue weighted by Gasteiger charge is 2.13. The molecule has 0 bridgehead atoms. The molecule has 2 rings (SSSR count). The van der Waals surface area contributed by atoms with E-state index in [-0.39, 0.29) is 11.6 Å². The second kappa shape index (κ2) is 8.61. The number of hydrogen-bond acceptors (Lipinski definition) is 5. The number of hydrogen-bond donors (Lipinski definition) is 1. The molecule has 27 heavy (non-hydrogen) atoms. The number of nitro benzene ring substituents is 1. The molecule has 0 fully saturated rings. The fourth-order valence-corrected chi connectivity index (χ4v) is 2.25. The van der Waals surface area contributed by atoms with E-state index in [9.17, 15) is 19.7 Å². The number of nitrogens with one attached hydrogen (secondary N) is 1. The predicted molar refractivity (Wildman–Crippen MR) is 102 cm³/mol. The lowest BCUT2D eigenvalue weighted by Gasteiger charge is -2.14. The average Bonchev–Trinajstić information content (AvgIpc) is 2.65. The molecule has 8 nitrogen and oxygen atoms in total. The van der Waals surface area contributed by atoms with Crippen molar-refractivity contribution in [2.24, 2.45) is 0 Å². The lowest BCUT2D eigenvalue weighted by Crippen LogP contribution is -2.22. The van der Waals surface area contributed by atoms with Crippen LogP contribution < -0.4 is 10.1 Å². The number of nitrogens with zero attached hydrogens (tertiary/aromatic N) is 2. The Labute approximate surface area is 156 Å². The lowest BCUT2D eigenvalue weighted by molar-refractivity contribution is -0.384. The number of rotatable bonds is 6. The summed E-state index contributed by atoms with van der Waals surface area (Å²) in [6.07, 6.45) is 2.82. The van der Waals surface area contributed by atoms with Gasteiger partial charge in [0, 0.05) is 37.9 Å². The van der Waals surface area contributed by atoms with E-state index in [1.165, 1.54) is 36.3 Å². The lowest BCUT2D eigenvalue weighted by atomic mass is 10.1. The van der Waals surface area contributed by atoms with Crippen LogP contribution in [-0.4, -0.2) is 42.8 Å². The summed E-state index contributed by atoms with van der Waals surface area (Å²) >= 11 is 0. The van der Waals surface area contributed by atoms with Gasteiger partial charge in [-0.15, -0.1) is 0 Å². The minimum atomic E-state index is -0.492. The van der Waals surface area contributed by atoms with Gasteiger partial charge in [0.15, 0.2) is 0 Å². The van der Waals surface area contributed by atoms with Gasteiger partial charge in [-0.25, -0.2) is 0 Å². The Balaban J connectivity index is 2.15. The van der Waals surface area contributed by atoms with Gasteiger partial charge in [0.25, 0.3) is 11.6 Å². The molecule has 1 N–H and O–H groups in total. The van der Waals surface area contributed by atoms with Crippen molar-refractivity contribution in [3.05, 3.63) is 69.8 Å². The molecule has 0 aliphatic carbocycles. The summed E-state index contributed by atoms with van der Waals surface area (Å²) < 4.78 is 5.21. The number of non-ortho nitro benzene ring substituents is 1. The average molecular weight is 369 g/mol. The van der Waals surface area contributed by atoms with Crippen molar-refractivity contribution < 1.29 is 19.2 Å². The Morgan fingerprint density at radius 2 is 1.81 bits per heavy atom. The molecule has 2 aromatic rings. The Morgan fingerprint density at radius 3 is 2.37 bits per heavy atom. The molecular weight excluding hydrogens is 350 g/mol. The molecule has 0 saturated carbocycles. The molecule has 0 unspecified atom stereocenters. The van der Waals surface area contributed by atoms with Crippen molar-refractivity contribution in [3.8, 4) is 5.75 Å². The van der Waals surface area contributed by atoms with Crippen LogP contribution in [0.5, 0.6) is 5.75 Å². The summed E-state index contributed by atoms with van der Waals surface area (Å²) in [4.78, 5) is 35.9. The fraction of sp³-hybridized carbons (Fsp3) is 0.158. The first kappa shape index (κ1) is 19.6. The quantitative estimate of drug-likeness (QED) is 0.479. The highest BCUT2D eigenvalue weighted by atomic mass is 16.6. The Bertz CT molecular complexity index is 889. The van der Waals surface area contributed by atoms with Gasteiger partial charge in [-0.05, 0) is 42.0 Å². The predicted octanol–water partition coefficient (Wildman–Crippen LogP) is 2.96. The molecular formula is C19H19N3O5. The van der Waals surface area contributed by atoms with E-state index in [2.05, 4.69) is 5.32 Å². The number of methoxy groups -OCH3 is 1. The summed E-state index contributed by atoms with van der Waals surface area (Å²) in [6, 6.07) is 10.6. The van der Waals surface area contributed by atoms with Gasteiger partial charge < -0.3 is 15.0 Å². The van der Waals surface area contributed by atoms with E-state index in [1.54, 1.807) is 44.4 Å². The summed E-state index contributed by atoms with van der Waals surface area (Å²) in [7, 11) is 4.74. The summed E-state index contributed by atoms with van der Waals surface area (Å²) in [6.45, 7) is 0. The maximum absolute atomic E-state index is 12.2. The third-order valence-corrected chi connectivity index (χ3v) is 3.64. The number of ether oxygens (including phenoxy) is 1. The van der Waals surface area contributed by atoms with Gasteiger partial charge in [-0.2, -0.15) is 0 Å². The normalized spacial score (nSPS) is 10.5. The first-order chi connectivity index (χ1) is 12.8. The number of carbonyl (C=O) groups excluding carboxylic acids is 2. The molecule has 0 spiro atoms. The molecule has 8 heteroatoms. The minimum Gasteiger partial charge on any atom is -0.495 e. The molecule has 0 saturated heterocycles. The van der Waals surface area contributed by atoms with Crippen molar-refractivity contribution >= 4 is 29.3 Å². The third-order valence-electron chi connectivity index (χ3n) is 3.64. The number of benzene rings is 2. The molecule has 0 radical (unpaired) electrons. The van der Waals surface area contributed by atoms with Crippen LogP contribution >= 0.6 is 0 Å². The van der Waals surface area contributed by atoms with E-state index < -0.39 is 10.8 Å². The van der Waals surface area contributed by atoms with E-state index in [0.29, 0.717) is 22.6 Å².